The molecule has 4 nitrogen and oxygen atoms in total. The first kappa shape index (κ1) is 11.0. The Morgan fingerprint density at radius 1 is 1.22 bits per heavy atom. The second-order valence-electron chi connectivity index (χ2n) is 3.68. The van der Waals surface area contributed by atoms with Crippen LogP contribution in [0.1, 0.15) is 4.88 Å². The van der Waals surface area contributed by atoms with E-state index in [-0.39, 0.29) is 0 Å². The van der Waals surface area contributed by atoms with Gasteiger partial charge in [-0.15, -0.1) is 11.3 Å². The van der Waals surface area contributed by atoms with Gasteiger partial charge >= 0.3 is 0 Å². The second kappa shape index (κ2) is 5.01. The molecule has 0 saturated heterocycles. The number of anilines is 1. The van der Waals surface area contributed by atoms with Gasteiger partial charge < -0.3 is 9.73 Å². The lowest BCUT2D eigenvalue weighted by Crippen LogP contribution is -2.02. The standard InChI is InChI=1S/C13H11N3OS/c1-4-12(17-7-1)11-5-6-14-13(16-11)15-9-10-3-2-8-18-10/h1-8H,9H2,(H,14,15,16). The molecule has 90 valence electrons. The first-order valence-corrected chi connectivity index (χ1v) is 6.43. The minimum absolute atomic E-state index is 0.609. The Balaban J connectivity index is 1.75. The molecule has 0 aliphatic rings. The highest BCUT2D eigenvalue weighted by atomic mass is 32.1. The molecule has 0 saturated carbocycles. The molecule has 5 heteroatoms. The molecule has 0 unspecified atom stereocenters. The van der Waals surface area contributed by atoms with Crippen LogP contribution >= 0.6 is 11.3 Å². The predicted molar refractivity (Wildman–Crippen MR) is 71.4 cm³/mol. The molecule has 0 spiro atoms. The van der Waals surface area contributed by atoms with E-state index in [1.807, 2.05) is 24.3 Å². The summed E-state index contributed by atoms with van der Waals surface area (Å²) in [6.07, 6.45) is 3.36. The first-order chi connectivity index (χ1) is 8.92. The van der Waals surface area contributed by atoms with Crippen LogP contribution in [-0.2, 0) is 6.54 Å². The van der Waals surface area contributed by atoms with E-state index >= 15 is 0 Å². The van der Waals surface area contributed by atoms with Gasteiger partial charge in [-0.2, -0.15) is 0 Å². The molecule has 3 aromatic heterocycles. The number of thiophene rings is 1. The predicted octanol–water partition coefficient (Wildman–Crippen LogP) is 3.41. The Bertz CT molecular complexity index is 605. The highest BCUT2D eigenvalue weighted by Gasteiger charge is 2.04. The maximum absolute atomic E-state index is 5.31. The van der Waals surface area contributed by atoms with Gasteiger partial charge in [0.2, 0.25) is 5.95 Å². The molecule has 0 aliphatic carbocycles. The fourth-order valence-corrected chi connectivity index (χ4v) is 2.23. The van der Waals surface area contributed by atoms with Gasteiger partial charge in [-0.25, -0.2) is 9.97 Å². The van der Waals surface area contributed by atoms with E-state index in [0.717, 1.165) is 18.0 Å². The Morgan fingerprint density at radius 2 is 2.22 bits per heavy atom. The lowest BCUT2D eigenvalue weighted by molar-refractivity contribution is 0.580. The van der Waals surface area contributed by atoms with Crippen LogP contribution in [-0.4, -0.2) is 9.97 Å². The summed E-state index contributed by atoms with van der Waals surface area (Å²) >= 11 is 1.71. The third kappa shape index (κ3) is 2.41. The zero-order valence-electron chi connectivity index (χ0n) is 9.54. The van der Waals surface area contributed by atoms with Gasteiger partial charge in [0.1, 0.15) is 5.69 Å². The smallest absolute Gasteiger partial charge is 0.223 e. The molecule has 0 bridgehead atoms. The van der Waals surface area contributed by atoms with Crippen LogP contribution in [0.5, 0.6) is 0 Å². The molecule has 18 heavy (non-hydrogen) atoms. The van der Waals surface area contributed by atoms with Crippen LogP contribution in [0.15, 0.2) is 52.6 Å². The van der Waals surface area contributed by atoms with Crippen molar-refractivity contribution in [3.63, 3.8) is 0 Å². The molecule has 0 amide bonds. The summed E-state index contributed by atoms with van der Waals surface area (Å²) in [7, 11) is 0. The Hall–Kier alpha value is -2.14. The highest BCUT2D eigenvalue weighted by molar-refractivity contribution is 7.09. The summed E-state index contributed by atoms with van der Waals surface area (Å²) in [6.45, 7) is 0.735. The molecule has 0 fully saturated rings. The van der Waals surface area contributed by atoms with E-state index in [9.17, 15) is 0 Å². The van der Waals surface area contributed by atoms with Crippen LogP contribution in [0.4, 0.5) is 5.95 Å². The lowest BCUT2D eigenvalue weighted by Gasteiger charge is -2.03. The summed E-state index contributed by atoms with van der Waals surface area (Å²) in [4.78, 5) is 9.84. The van der Waals surface area contributed by atoms with Crippen LogP contribution in [0.2, 0.25) is 0 Å². The van der Waals surface area contributed by atoms with Crippen molar-refractivity contribution in [2.75, 3.05) is 5.32 Å². The van der Waals surface area contributed by atoms with Gasteiger partial charge in [0.15, 0.2) is 5.76 Å². The summed E-state index contributed by atoms with van der Waals surface area (Å²) in [6, 6.07) is 9.66. The number of nitrogens with zero attached hydrogens (tertiary/aromatic N) is 2. The zero-order chi connectivity index (χ0) is 12.2. The van der Waals surface area contributed by atoms with Gasteiger partial charge in [0.25, 0.3) is 0 Å². The first-order valence-electron chi connectivity index (χ1n) is 5.55. The number of nitrogens with one attached hydrogen (secondary N) is 1. The number of furan rings is 1. The van der Waals surface area contributed by atoms with Crippen molar-refractivity contribution in [3.05, 3.63) is 53.0 Å². The number of hydrogen-bond donors (Lipinski definition) is 1. The molecular weight excluding hydrogens is 246 g/mol. The van der Waals surface area contributed by atoms with Gasteiger partial charge in [-0.3, -0.25) is 0 Å². The maximum Gasteiger partial charge on any atom is 0.223 e. The zero-order valence-corrected chi connectivity index (χ0v) is 10.4. The Morgan fingerprint density at radius 3 is 3.00 bits per heavy atom. The second-order valence-corrected chi connectivity index (χ2v) is 4.71. The van der Waals surface area contributed by atoms with E-state index in [4.69, 9.17) is 4.42 Å². The third-order valence-electron chi connectivity index (χ3n) is 2.43. The van der Waals surface area contributed by atoms with Gasteiger partial charge in [0.05, 0.1) is 12.8 Å². The van der Waals surface area contributed by atoms with Crippen LogP contribution in [0, 0.1) is 0 Å². The average Bonchev–Trinajstić information content (AvgIpc) is 3.10. The van der Waals surface area contributed by atoms with Gasteiger partial charge in [-0.05, 0) is 29.6 Å². The van der Waals surface area contributed by atoms with Crippen molar-refractivity contribution in [2.45, 2.75) is 6.54 Å². The molecule has 1 N–H and O–H groups in total. The van der Waals surface area contributed by atoms with Crippen molar-refractivity contribution in [1.82, 2.24) is 9.97 Å². The normalized spacial score (nSPS) is 10.4. The highest BCUT2D eigenvalue weighted by Crippen LogP contribution is 2.18. The number of aromatic nitrogens is 2. The minimum Gasteiger partial charge on any atom is -0.463 e. The molecule has 0 atom stereocenters. The number of rotatable bonds is 4. The summed E-state index contributed by atoms with van der Waals surface area (Å²) in [5.41, 5.74) is 0.781. The average molecular weight is 257 g/mol. The van der Waals surface area contributed by atoms with E-state index in [2.05, 4.69) is 26.7 Å². The largest absolute Gasteiger partial charge is 0.463 e. The van der Waals surface area contributed by atoms with Crippen LogP contribution in [0.25, 0.3) is 11.5 Å². The van der Waals surface area contributed by atoms with Crippen LogP contribution in [0.3, 0.4) is 0 Å². The van der Waals surface area contributed by atoms with E-state index in [0.29, 0.717) is 5.95 Å². The Kier molecular flexibility index (Phi) is 3.06. The fourth-order valence-electron chi connectivity index (χ4n) is 1.58. The van der Waals surface area contributed by atoms with Crippen LogP contribution < -0.4 is 5.32 Å². The van der Waals surface area contributed by atoms with Crippen molar-refractivity contribution in [3.8, 4) is 11.5 Å². The molecular formula is C13H11N3OS. The third-order valence-corrected chi connectivity index (χ3v) is 3.31. The molecule has 3 aromatic rings. The van der Waals surface area contributed by atoms with Crippen molar-refractivity contribution in [2.24, 2.45) is 0 Å². The van der Waals surface area contributed by atoms with E-state index < -0.39 is 0 Å². The van der Waals surface area contributed by atoms with Crippen molar-refractivity contribution in [1.29, 1.82) is 0 Å². The summed E-state index contributed by atoms with van der Waals surface area (Å²) in [5.74, 6) is 1.36. The van der Waals surface area contributed by atoms with E-state index in [1.165, 1.54) is 4.88 Å². The van der Waals surface area contributed by atoms with Gasteiger partial charge in [0, 0.05) is 11.1 Å². The minimum atomic E-state index is 0.609. The molecule has 0 aliphatic heterocycles. The molecule has 3 heterocycles. The van der Waals surface area contributed by atoms with E-state index in [1.54, 1.807) is 23.8 Å². The van der Waals surface area contributed by atoms with Crippen molar-refractivity contribution >= 4 is 17.3 Å². The molecule has 0 radical (unpaired) electrons. The number of hydrogen-bond acceptors (Lipinski definition) is 5. The summed E-state index contributed by atoms with van der Waals surface area (Å²) in [5, 5.41) is 5.25. The summed E-state index contributed by atoms with van der Waals surface area (Å²) < 4.78 is 5.31. The quantitative estimate of drug-likeness (QED) is 0.778. The Labute approximate surface area is 108 Å². The lowest BCUT2D eigenvalue weighted by atomic mass is 10.3. The fraction of sp³-hybridized carbons (Fsp3) is 0.0769. The topological polar surface area (TPSA) is 51.0 Å². The molecule has 3 rings (SSSR count). The van der Waals surface area contributed by atoms with Crippen molar-refractivity contribution < 1.29 is 4.42 Å². The maximum atomic E-state index is 5.31. The van der Waals surface area contributed by atoms with Gasteiger partial charge in [-0.1, -0.05) is 6.07 Å². The monoisotopic (exact) mass is 257 g/mol. The SMILES string of the molecule is c1coc(-c2ccnc(NCc3cccs3)n2)c1. The molecule has 0 aromatic carbocycles.